The molecule has 1 amide bonds. The number of carbonyl (C=O) groups excluding carboxylic acids is 1. The van der Waals surface area contributed by atoms with Crippen LogP contribution in [0.4, 0.5) is 10.1 Å². The van der Waals surface area contributed by atoms with Gasteiger partial charge in [0.2, 0.25) is 5.88 Å². The second-order valence-corrected chi connectivity index (χ2v) is 7.64. The molecule has 0 fully saturated rings. The SMILES string of the molecule is Cc1cccn2c(=O)c(/C=C(/C#N)C(=O)Nc3ccc(F)cc3)c(Oc3ccc(Cl)cc3)nc12. The van der Waals surface area contributed by atoms with Gasteiger partial charge in [0.1, 0.15) is 34.4 Å². The molecule has 9 heteroatoms. The molecule has 7 nitrogen and oxygen atoms in total. The van der Waals surface area contributed by atoms with E-state index in [9.17, 15) is 19.2 Å². The molecule has 0 saturated carbocycles. The van der Waals surface area contributed by atoms with Crippen molar-refractivity contribution in [1.29, 1.82) is 5.26 Å². The fraction of sp³-hybridized carbons (Fsp3) is 0.0400. The van der Waals surface area contributed by atoms with Crippen LogP contribution in [0.15, 0.2) is 77.2 Å². The van der Waals surface area contributed by atoms with E-state index >= 15 is 0 Å². The highest BCUT2D eigenvalue weighted by atomic mass is 35.5. The van der Waals surface area contributed by atoms with Crippen LogP contribution in [0.5, 0.6) is 11.6 Å². The first-order valence-electron chi connectivity index (χ1n) is 10.00. The van der Waals surface area contributed by atoms with Crippen LogP contribution in [0.1, 0.15) is 11.1 Å². The number of benzene rings is 2. The first-order valence-corrected chi connectivity index (χ1v) is 10.4. The number of hydrogen-bond acceptors (Lipinski definition) is 5. The van der Waals surface area contributed by atoms with E-state index in [1.54, 1.807) is 49.4 Å². The Morgan fingerprint density at radius 2 is 1.88 bits per heavy atom. The number of aryl methyl sites for hydroxylation is 1. The maximum absolute atomic E-state index is 13.3. The summed E-state index contributed by atoms with van der Waals surface area (Å²) in [4.78, 5) is 30.5. The van der Waals surface area contributed by atoms with E-state index in [0.29, 0.717) is 16.4 Å². The molecule has 2 aromatic heterocycles. The second-order valence-electron chi connectivity index (χ2n) is 7.21. The number of ether oxygens (including phenoxy) is 1. The van der Waals surface area contributed by atoms with Crippen LogP contribution < -0.4 is 15.6 Å². The quantitative estimate of drug-likeness (QED) is 0.319. The molecule has 2 aromatic carbocycles. The van der Waals surface area contributed by atoms with Gasteiger partial charge in [0.05, 0.1) is 0 Å². The molecule has 0 aliphatic heterocycles. The lowest BCUT2D eigenvalue weighted by Gasteiger charge is -2.11. The molecule has 0 aliphatic carbocycles. The summed E-state index contributed by atoms with van der Waals surface area (Å²) >= 11 is 5.93. The molecule has 2 heterocycles. The van der Waals surface area contributed by atoms with E-state index in [0.717, 1.165) is 11.6 Å². The molecule has 0 aliphatic rings. The van der Waals surface area contributed by atoms with Crippen molar-refractivity contribution in [1.82, 2.24) is 9.38 Å². The van der Waals surface area contributed by atoms with E-state index in [1.165, 1.54) is 34.9 Å². The Balaban J connectivity index is 1.82. The minimum atomic E-state index is -0.778. The van der Waals surface area contributed by atoms with Crippen molar-refractivity contribution in [2.24, 2.45) is 0 Å². The van der Waals surface area contributed by atoms with Crippen molar-refractivity contribution in [3.8, 4) is 17.7 Å². The minimum absolute atomic E-state index is 0.0797. The normalized spacial score (nSPS) is 11.2. The van der Waals surface area contributed by atoms with Crippen LogP contribution in [0, 0.1) is 24.1 Å². The van der Waals surface area contributed by atoms with Crippen LogP contribution in [0.3, 0.4) is 0 Å². The maximum atomic E-state index is 13.3. The lowest BCUT2D eigenvalue weighted by atomic mass is 10.1. The van der Waals surface area contributed by atoms with Crippen molar-refractivity contribution in [2.45, 2.75) is 6.92 Å². The number of nitrogens with one attached hydrogen (secondary N) is 1. The van der Waals surface area contributed by atoms with Gasteiger partial charge in [-0.05, 0) is 73.2 Å². The van der Waals surface area contributed by atoms with Crippen LogP contribution >= 0.6 is 11.6 Å². The highest BCUT2D eigenvalue weighted by Crippen LogP contribution is 2.26. The van der Waals surface area contributed by atoms with E-state index < -0.39 is 17.3 Å². The smallest absolute Gasteiger partial charge is 0.269 e. The lowest BCUT2D eigenvalue weighted by Crippen LogP contribution is -2.20. The van der Waals surface area contributed by atoms with Crippen LogP contribution in [0.2, 0.25) is 5.02 Å². The molecule has 0 atom stereocenters. The van der Waals surface area contributed by atoms with Crippen molar-refractivity contribution >= 4 is 34.9 Å². The van der Waals surface area contributed by atoms with Gasteiger partial charge in [-0.15, -0.1) is 0 Å². The first kappa shape index (κ1) is 22.7. The molecule has 4 rings (SSSR count). The summed E-state index contributed by atoms with van der Waals surface area (Å²) in [5, 5.41) is 12.6. The summed E-state index contributed by atoms with van der Waals surface area (Å²) < 4.78 is 20.3. The van der Waals surface area contributed by atoms with E-state index in [1.807, 2.05) is 0 Å². The number of carbonyl (C=O) groups is 1. The topological polar surface area (TPSA) is 96.5 Å². The highest BCUT2D eigenvalue weighted by molar-refractivity contribution is 6.30. The molecule has 0 spiro atoms. The molecule has 4 aromatic rings. The summed E-state index contributed by atoms with van der Waals surface area (Å²) in [7, 11) is 0. The predicted molar refractivity (Wildman–Crippen MR) is 126 cm³/mol. The van der Waals surface area contributed by atoms with Gasteiger partial charge in [-0.1, -0.05) is 17.7 Å². The van der Waals surface area contributed by atoms with Gasteiger partial charge in [0, 0.05) is 16.9 Å². The first-order chi connectivity index (χ1) is 16.4. The van der Waals surface area contributed by atoms with Gasteiger partial charge in [-0.2, -0.15) is 10.2 Å². The third-order valence-electron chi connectivity index (χ3n) is 4.83. The number of pyridine rings is 1. The van der Waals surface area contributed by atoms with Crippen LogP contribution in [-0.2, 0) is 4.79 Å². The minimum Gasteiger partial charge on any atom is -0.438 e. The molecule has 0 radical (unpaired) electrons. The number of amides is 1. The van der Waals surface area contributed by atoms with Crippen LogP contribution in [-0.4, -0.2) is 15.3 Å². The predicted octanol–water partition coefficient (Wildman–Crippen LogP) is 5.13. The van der Waals surface area contributed by atoms with E-state index in [4.69, 9.17) is 16.3 Å². The number of fused-ring (bicyclic) bond motifs is 1. The monoisotopic (exact) mass is 474 g/mol. The Morgan fingerprint density at radius 1 is 1.18 bits per heavy atom. The largest absolute Gasteiger partial charge is 0.438 e. The van der Waals surface area contributed by atoms with E-state index in [2.05, 4.69) is 10.3 Å². The number of halogens is 2. The Bertz CT molecular complexity index is 1520. The molecular formula is C25H16ClFN4O3. The fourth-order valence-corrected chi connectivity index (χ4v) is 3.26. The Kier molecular flexibility index (Phi) is 6.39. The summed E-state index contributed by atoms with van der Waals surface area (Å²) in [6.45, 7) is 1.79. The van der Waals surface area contributed by atoms with Gasteiger partial charge >= 0.3 is 0 Å². The van der Waals surface area contributed by atoms with Gasteiger partial charge in [-0.3, -0.25) is 14.0 Å². The molecular weight excluding hydrogens is 459 g/mol. The molecule has 34 heavy (non-hydrogen) atoms. The Labute approximate surface area is 198 Å². The second kappa shape index (κ2) is 9.57. The summed E-state index contributed by atoms with van der Waals surface area (Å²) in [5.41, 5.74) is 0.392. The Hall–Kier alpha value is -4.48. The third-order valence-corrected chi connectivity index (χ3v) is 5.09. The standard InChI is InChI=1S/C25H16ClFN4O3/c1-15-3-2-12-31-22(15)30-24(34-20-10-4-17(26)5-11-20)21(25(31)33)13-16(14-28)23(32)29-19-8-6-18(27)7-9-19/h2-13H,1H3,(H,29,32)/b16-13-. The average Bonchev–Trinajstić information content (AvgIpc) is 2.82. The molecule has 0 saturated heterocycles. The zero-order valence-electron chi connectivity index (χ0n) is 17.8. The van der Waals surface area contributed by atoms with Gasteiger partial charge in [0.25, 0.3) is 11.5 Å². The molecule has 1 N–H and O–H groups in total. The lowest BCUT2D eigenvalue weighted by molar-refractivity contribution is -0.112. The van der Waals surface area contributed by atoms with Crippen molar-refractivity contribution in [3.05, 3.63) is 105 Å². The molecule has 168 valence electrons. The highest BCUT2D eigenvalue weighted by Gasteiger charge is 2.18. The van der Waals surface area contributed by atoms with Crippen molar-refractivity contribution in [3.63, 3.8) is 0 Å². The number of rotatable bonds is 5. The van der Waals surface area contributed by atoms with Gasteiger partial charge in [0.15, 0.2) is 0 Å². The van der Waals surface area contributed by atoms with Crippen molar-refractivity contribution < 1.29 is 13.9 Å². The number of nitriles is 1. The fourth-order valence-electron chi connectivity index (χ4n) is 3.13. The number of hydrogen-bond donors (Lipinski definition) is 1. The summed E-state index contributed by atoms with van der Waals surface area (Å²) in [6.07, 6.45) is 2.65. The molecule has 0 unspecified atom stereocenters. The zero-order chi connectivity index (χ0) is 24.2. The number of aromatic nitrogens is 2. The maximum Gasteiger partial charge on any atom is 0.269 e. The van der Waals surface area contributed by atoms with Gasteiger partial charge in [-0.25, -0.2) is 4.39 Å². The van der Waals surface area contributed by atoms with Crippen molar-refractivity contribution in [2.75, 3.05) is 5.32 Å². The van der Waals surface area contributed by atoms with Crippen LogP contribution in [0.25, 0.3) is 11.7 Å². The Morgan fingerprint density at radius 3 is 2.56 bits per heavy atom. The number of nitrogens with zero attached hydrogens (tertiary/aromatic N) is 3. The summed E-state index contributed by atoms with van der Waals surface area (Å²) in [6, 6.07) is 16.8. The van der Waals surface area contributed by atoms with E-state index in [-0.39, 0.29) is 22.7 Å². The zero-order valence-corrected chi connectivity index (χ0v) is 18.5. The third kappa shape index (κ3) is 4.80. The number of anilines is 1. The summed E-state index contributed by atoms with van der Waals surface area (Å²) in [5.74, 6) is -0.967. The average molecular weight is 475 g/mol. The van der Waals surface area contributed by atoms with Gasteiger partial charge < -0.3 is 10.1 Å². The molecule has 0 bridgehead atoms.